The average Bonchev–Trinajstić information content (AvgIpc) is 2.99. The van der Waals surface area contributed by atoms with Crippen LogP contribution in [0.15, 0.2) is 12.4 Å². The molecule has 1 aliphatic heterocycles. The Morgan fingerprint density at radius 1 is 1.74 bits per heavy atom. The predicted molar refractivity (Wildman–Crippen MR) is 71.2 cm³/mol. The van der Waals surface area contributed by atoms with Crippen LogP contribution in [0.25, 0.3) is 0 Å². The fourth-order valence-electron chi connectivity index (χ4n) is 2.23. The molecule has 1 aromatic rings. The van der Waals surface area contributed by atoms with E-state index in [0.717, 1.165) is 31.7 Å². The topological polar surface area (TPSA) is 76.4 Å². The van der Waals surface area contributed by atoms with E-state index in [-0.39, 0.29) is 18.6 Å². The van der Waals surface area contributed by atoms with E-state index in [1.165, 1.54) is 0 Å². The molecule has 0 aliphatic carbocycles. The van der Waals surface area contributed by atoms with Crippen LogP contribution in [0, 0.1) is 0 Å². The molecule has 106 valence electrons. The Labute approximate surface area is 112 Å². The Kier molecular flexibility index (Phi) is 4.79. The van der Waals surface area contributed by atoms with Crippen LogP contribution >= 0.6 is 0 Å². The summed E-state index contributed by atoms with van der Waals surface area (Å²) in [4.78, 5) is 10.5. The van der Waals surface area contributed by atoms with Gasteiger partial charge < -0.3 is 15.2 Å². The smallest absolute Gasteiger partial charge is 0.303 e. The zero-order chi connectivity index (χ0) is 13.7. The molecule has 0 spiro atoms. The molecule has 0 aromatic carbocycles. The van der Waals surface area contributed by atoms with Gasteiger partial charge in [-0.1, -0.05) is 0 Å². The van der Waals surface area contributed by atoms with E-state index in [1.54, 1.807) is 6.20 Å². The Morgan fingerprint density at radius 2 is 2.58 bits per heavy atom. The van der Waals surface area contributed by atoms with Gasteiger partial charge in [0.25, 0.3) is 0 Å². The number of carboxylic acids is 1. The minimum absolute atomic E-state index is 0.122. The van der Waals surface area contributed by atoms with Crippen molar-refractivity contribution in [2.24, 2.45) is 0 Å². The zero-order valence-electron chi connectivity index (χ0n) is 11.2. The van der Waals surface area contributed by atoms with E-state index in [2.05, 4.69) is 10.4 Å². The molecule has 19 heavy (non-hydrogen) atoms. The molecule has 2 N–H and O–H groups in total. The maximum absolute atomic E-state index is 10.5. The second-order valence-electron chi connectivity index (χ2n) is 5.06. The van der Waals surface area contributed by atoms with Crippen LogP contribution in [0.1, 0.15) is 32.6 Å². The van der Waals surface area contributed by atoms with Crippen LogP contribution in [0.5, 0.6) is 0 Å². The summed E-state index contributed by atoms with van der Waals surface area (Å²) in [7, 11) is 0. The molecule has 2 rings (SSSR count). The van der Waals surface area contributed by atoms with Gasteiger partial charge in [-0.25, -0.2) is 0 Å². The minimum atomic E-state index is -0.761. The highest BCUT2D eigenvalue weighted by molar-refractivity contribution is 5.66. The number of carboxylic acid groups (broad SMARTS) is 1. The van der Waals surface area contributed by atoms with Gasteiger partial charge in [-0.3, -0.25) is 9.48 Å². The molecule has 0 saturated carbocycles. The summed E-state index contributed by atoms with van der Waals surface area (Å²) in [5.74, 6) is -0.761. The number of aromatic nitrogens is 2. The van der Waals surface area contributed by atoms with Gasteiger partial charge in [0, 0.05) is 25.3 Å². The SMILES string of the molecule is CC(CCC(=O)O)Nc1cnn(CC2CCCO2)c1. The standard InChI is InChI=1S/C13H21N3O3/c1-10(4-5-13(17)18)15-11-7-14-16(8-11)9-12-3-2-6-19-12/h7-8,10,12,15H,2-6,9H2,1H3,(H,17,18). The Hall–Kier alpha value is -1.56. The van der Waals surface area contributed by atoms with Gasteiger partial charge in [0.1, 0.15) is 0 Å². The van der Waals surface area contributed by atoms with E-state index < -0.39 is 5.97 Å². The van der Waals surface area contributed by atoms with Gasteiger partial charge in [0.2, 0.25) is 0 Å². The van der Waals surface area contributed by atoms with Crippen molar-refractivity contribution < 1.29 is 14.6 Å². The van der Waals surface area contributed by atoms with Gasteiger partial charge in [-0.05, 0) is 26.2 Å². The molecular formula is C13H21N3O3. The molecule has 1 saturated heterocycles. The lowest BCUT2D eigenvalue weighted by Crippen LogP contribution is -2.17. The summed E-state index contributed by atoms with van der Waals surface area (Å²) >= 11 is 0. The highest BCUT2D eigenvalue weighted by Crippen LogP contribution is 2.15. The van der Waals surface area contributed by atoms with Crippen molar-refractivity contribution in [1.82, 2.24) is 9.78 Å². The number of rotatable bonds is 7. The van der Waals surface area contributed by atoms with Gasteiger partial charge in [0.05, 0.1) is 24.5 Å². The van der Waals surface area contributed by atoms with E-state index >= 15 is 0 Å². The van der Waals surface area contributed by atoms with Crippen LogP contribution in [0.4, 0.5) is 5.69 Å². The molecule has 6 heteroatoms. The molecular weight excluding hydrogens is 246 g/mol. The van der Waals surface area contributed by atoms with Gasteiger partial charge >= 0.3 is 5.97 Å². The summed E-state index contributed by atoms with van der Waals surface area (Å²) in [6, 6.07) is 0.122. The second kappa shape index (κ2) is 6.56. The van der Waals surface area contributed by atoms with Crippen molar-refractivity contribution in [2.45, 2.75) is 51.3 Å². The maximum atomic E-state index is 10.5. The zero-order valence-corrected chi connectivity index (χ0v) is 11.2. The first kappa shape index (κ1) is 13.9. The third-order valence-electron chi connectivity index (χ3n) is 3.25. The van der Waals surface area contributed by atoms with Crippen molar-refractivity contribution in [3.05, 3.63) is 12.4 Å². The van der Waals surface area contributed by atoms with Crippen LogP contribution in [-0.4, -0.2) is 39.6 Å². The normalized spacial score (nSPS) is 20.4. The predicted octanol–water partition coefficient (Wildman–Crippen LogP) is 1.73. The monoisotopic (exact) mass is 267 g/mol. The molecule has 2 unspecified atom stereocenters. The summed E-state index contributed by atoms with van der Waals surface area (Å²) in [5.41, 5.74) is 0.927. The van der Waals surface area contributed by atoms with Crippen LogP contribution in [0.3, 0.4) is 0 Å². The molecule has 0 bridgehead atoms. The Morgan fingerprint density at radius 3 is 3.26 bits per heavy atom. The number of hydrogen-bond donors (Lipinski definition) is 2. The van der Waals surface area contributed by atoms with Crippen molar-refractivity contribution in [2.75, 3.05) is 11.9 Å². The Bertz CT molecular complexity index is 413. The van der Waals surface area contributed by atoms with Gasteiger partial charge in [-0.15, -0.1) is 0 Å². The van der Waals surface area contributed by atoms with E-state index in [9.17, 15) is 4.79 Å². The number of carbonyl (C=O) groups is 1. The number of hydrogen-bond acceptors (Lipinski definition) is 4. The molecule has 2 heterocycles. The number of nitrogens with one attached hydrogen (secondary N) is 1. The minimum Gasteiger partial charge on any atom is -0.481 e. The van der Waals surface area contributed by atoms with Crippen molar-refractivity contribution in [1.29, 1.82) is 0 Å². The highest BCUT2D eigenvalue weighted by atomic mass is 16.5. The highest BCUT2D eigenvalue weighted by Gasteiger charge is 2.16. The lowest BCUT2D eigenvalue weighted by atomic mass is 10.2. The quantitative estimate of drug-likeness (QED) is 0.786. The first-order valence-electron chi connectivity index (χ1n) is 6.76. The number of aliphatic carboxylic acids is 1. The summed E-state index contributed by atoms with van der Waals surface area (Å²) in [5, 5.41) is 16.2. The lowest BCUT2D eigenvalue weighted by Gasteiger charge is -2.12. The molecule has 1 aliphatic rings. The van der Waals surface area contributed by atoms with Crippen molar-refractivity contribution in [3.8, 4) is 0 Å². The maximum Gasteiger partial charge on any atom is 0.303 e. The third-order valence-corrected chi connectivity index (χ3v) is 3.25. The van der Waals surface area contributed by atoms with E-state index in [1.807, 2.05) is 17.8 Å². The lowest BCUT2D eigenvalue weighted by molar-refractivity contribution is -0.137. The fourth-order valence-corrected chi connectivity index (χ4v) is 2.23. The molecule has 0 amide bonds. The van der Waals surface area contributed by atoms with E-state index in [4.69, 9.17) is 9.84 Å². The van der Waals surface area contributed by atoms with Gasteiger partial charge in [0.15, 0.2) is 0 Å². The molecule has 6 nitrogen and oxygen atoms in total. The second-order valence-corrected chi connectivity index (χ2v) is 5.06. The van der Waals surface area contributed by atoms with Gasteiger partial charge in [-0.2, -0.15) is 5.10 Å². The van der Waals surface area contributed by atoms with E-state index in [0.29, 0.717) is 6.42 Å². The first-order chi connectivity index (χ1) is 9.13. The molecule has 0 radical (unpaired) electrons. The number of ether oxygens (including phenoxy) is 1. The average molecular weight is 267 g/mol. The number of nitrogens with zero attached hydrogens (tertiary/aromatic N) is 2. The summed E-state index contributed by atoms with van der Waals surface area (Å²) in [6.45, 7) is 3.61. The van der Waals surface area contributed by atoms with Crippen LogP contribution in [0.2, 0.25) is 0 Å². The molecule has 1 fully saturated rings. The van der Waals surface area contributed by atoms with Crippen molar-refractivity contribution in [3.63, 3.8) is 0 Å². The summed E-state index contributed by atoms with van der Waals surface area (Å²) in [6.07, 6.45) is 6.99. The number of anilines is 1. The first-order valence-corrected chi connectivity index (χ1v) is 6.76. The Balaban J connectivity index is 1.77. The third kappa shape index (κ3) is 4.55. The van der Waals surface area contributed by atoms with Crippen LogP contribution in [-0.2, 0) is 16.1 Å². The largest absolute Gasteiger partial charge is 0.481 e. The van der Waals surface area contributed by atoms with Crippen LogP contribution < -0.4 is 5.32 Å². The van der Waals surface area contributed by atoms with Crippen molar-refractivity contribution >= 4 is 11.7 Å². The molecule has 2 atom stereocenters. The fraction of sp³-hybridized carbons (Fsp3) is 0.692. The molecule has 1 aromatic heterocycles. The summed E-state index contributed by atoms with van der Waals surface area (Å²) < 4.78 is 7.44.